The second-order valence-corrected chi connectivity index (χ2v) is 6.58. The Bertz CT molecular complexity index is 865. The van der Waals surface area contributed by atoms with Gasteiger partial charge in [-0.15, -0.1) is 0 Å². The highest BCUT2D eigenvalue weighted by Gasteiger charge is 2.32. The largest absolute Gasteiger partial charge is 0.486 e. The van der Waals surface area contributed by atoms with Gasteiger partial charge in [0, 0.05) is 30.3 Å². The number of anilines is 1. The number of nitrogens with one attached hydrogen (secondary N) is 1. The van der Waals surface area contributed by atoms with E-state index in [0.29, 0.717) is 36.8 Å². The predicted molar refractivity (Wildman–Crippen MR) is 96.8 cm³/mol. The van der Waals surface area contributed by atoms with E-state index in [1.54, 1.807) is 11.0 Å². The van der Waals surface area contributed by atoms with Gasteiger partial charge in [-0.05, 0) is 31.2 Å². The summed E-state index contributed by atoms with van der Waals surface area (Å²) in [6, 6.07) is 12.7. The molecule has 4 rings (SSSR count). The Labute approximate surface area is 151 Å². The monoisotopic (exact) mass is 352 g/mol. The van der Waals surface area contributed by atoms with Crippen molar-refractivity contribution in [2.75, 3.05) is 24.7 Å². The molecule has 2 aliphatic heterocycles. The van der Waals surface area contributed by atoms with Gasteiger partial charge >= 0.3 is 0 Å². The molecule has 6 heteroatoms. The summed E-state index contributed by atoms with van der Waals surface area (Å²) < 4.78 is 11.1. The number of benzene rings is 2. The van der Waals surface area contributed by atoms with Gasteiger partial charge in [-0.1, -0.05) is 17.7 Å². The van der Waals surface area contributed by atoms with Crippen LogP contribution in [0.5, 0.6) is 11.5 Å². The van der Waals surface area contributed by atoms with E-state index in [2.05, 4.69) is 5.32 Å². The maximum atomic E-state index is 12.4. The molecule has 0 aromatic heterocycles. The normalized spacial score (nSPS) is 18.7. The molecule has 1 fully saturated rings. The van der Waals surface area contributed by atoms with Crippen LogP contribution < -0.4 is 19.7 Å². The Balaban J connectivity index is 1.46. The third-order valence-corrected chi connectivity index (χ3v) is 4.58. The topological polar surface area (TPSA) is 67.9 Å². The highest BCUT2D eigenvalue weighted by atomic mass is 16.6. The first kappa shape index (κ1) is 16.4. The van der Waals surface area contributed by atoms with Crippen molar-refractivity contribution in [1.29, 1.82) is 0 Å². The lowest BCUT2D eigenvalue weighted by molar-refractivity contribution is -0.117. The fourth-order valence-corrected chi connectivity index (χ4v) is 3.31. The molecular weight excluding hydrogens is 332 g/mol. The zero-order valence-electron chi connectivity index (χ0n) is 14.5. The number of ether oxygens (including phenoxy) is 2. The molecule has 2 amide bonds. The van der Waals surface area contributed by atoms with Crippen molar-refractivity contribution in [3.63, 3.8) is 0 Å². The van der Waals surface area contributed by atoms with Crippen LogP contribution in [0, 0.1) is 6.92 Å². The molecule has 0 saturated carbocycles. The van der Waals surface area contributed by atoms with Crippen molar-refractivity contribution in [2.45, 2.75) is 19.4 Å². The van der Waals surface area contributed by atoms with E-state index in [9.17, 15) is 9.59 Å². The maximum absolute atomic E-state index is 12.4. The minimum atomic E-state index is -0.219. The minimum absolute atomic E-state index is 0.0174. The van der Waals surface area contributed by atoms with Crippen LogP contribution in [-0.4, -0.2) is 37.6 Å². The third kappa shape index (κ3) is 3.22. The second-order valence-electron chi connectivity index (χ2n) is 6.58. The van der Waals surface area contributed by atoms with Gasteiger partial charge in [0.2, 0.25) is 5.91 Å². The number of amides is 2. The van der Waals surface area contributed by atoms with Crippen LogP contribution in [0.25, 0.3) is 0 Å². The first-order valence-electron chi connectivity index (χ1n) is 8.68. The molecule has 0 aliphatic carbocycles. The zero-order valence-corrected chi connectivity index (χ0v) is 14.5. The van der Waals surface area contributed by atoms with Crippen LogP contribution in [0.4, 0.5) is 5.69 Å². The summed E-state index contributed by atoms with van der Waals surface area (Å²) in [6.45, 7) is 3.41. The van der Waals surface area contributed by atoms with Crippen LogP contribution in [-0.2, 0) is 4.79 Å². The van der Waals surface area contributed by atoms with Crippen LogP contribution in [0.15, 0.2) is 42.5 Å². The van der Waals surface area contributed by atoms with Crippen molar-refractivity contribution in [1.82, 2.24) is 5.32 Å². The van der Waals surface area contributed by atoms with Gasteiger partial charge in [0.05, 0.1) is 6.04 Å². The Morgan fingerprint density at radius 2 is 1.92 bits per heavy atom. The van der Waals surface area contributed by atoms with Gasteiger partial charge in [0.1, 0.15) is 13.2 Å². The molecule has 1 N–H and O–H groups in total. The Morgan fingerprint density at radius 3 is 2.73 bits per heavy atom. The Morgan fingerprint density at radius 1 is 1.12 bits per heavy atom. The molecular formula is C20H20N2O4. The summed E-state index contributed by atoms with van der Waals surface area (Å²) >= 11 is 0. The molecule has 2 aromatic carbocycles. The van der Waals surface area contributed by atoms with Crippen molar-refractivity contribution < 1.29 is 19.1 Å². The highest BCUT2D eigenvalue weighted by molar-refractivity contribution is 5.99. The molecule has 0 unspecified atom stereocenters. The quantitative estimate of drug-likeness (QED) is 0.920. The van der Waals surface area contributed by atoms with E-state index in [4.69, 9.17) is 9.47 Å². The Kier molecular flexibility index (Phi) is 4.24. The van der Waals surface area contributed by atoms with Crippen LogP contribution in [0.2, 0.25) is 0 Å². The number of carbonyl (C=O) groups excluding carboxylic acids is 2. The molecule has 26 heavy (non-hydrogen) atoms. The molecule has 2 heterocycles. The molecule has 0 spiro atoms. The molecule has 0 radical (unpaired) electrons. The van der Waals surface area contributed by atoms with Gasteiger partial charge in [-0.2, -0.15) is 0 Å². The van der Waals surface area contributed by atoms with Crippen molar-refractivity contribution in [3.8, 4) is 11.5 Å². The van der Waals surface area contributed by atoms with Gasteiger partial charge in [0.15, 0.2) is 11.5 Å². The molecule has 2 aliphatic rings. The van der Waals surface area contributed by atoms with E-state index in [0.717, 1.165) is 11.3 Å². The molecule has 1 saturated heterocycles. The van der Waals surface area contributed by atoms with E-state index in [1.165, 1.54) is 0 Å². The van der Waals surface area contributed by atoms with E-state index >= 15 is 0 Å². The highest BCUT2D eigenvalue weighted by Crippen LogP contribution is 2.35. The van der Waals surface area contributed by atoms with Crippen molar-refractivity contribution >= 4 is 17.5 Å². The van der Waals surface area contributed by atoms with Crippen molar-refractivity contribution in [3.05, 3.63) is 53.6 Å². The number of hydrogen-bond acceptors (Lipinski definition) is 4. The first-order valence-corrected chi connectivity index (χ1v) is 8.68. The van der Waals surface area contributed by atoms with Gasteiger partial charge in [0.25, 0.3) is 5.91 Å². The summed E-state index contributed by atoms with van der Waals surface area (Å²) in [7, 11) is 0. The van der Waals surface area contributed by atoms with Gasteiger partial charge in [-0.25, -0.2) is 0 Å². The SMILES string of the molecule is Cc1cccc(C(=O)N[C@@H]2CC(=O)N(c3ccc4c(c3)OCCO4)C2)c1. The Hall–Kier alpha value is -3.02. The fraction of sp³-hybridized carbons (Fsp3) is 0.300. The van der Waals surface area contributed by atoms with Crippen LogP contribution in [0.1, 0.15) is 22.3 Å². The van der Waals surface area contributed by atoms with E-state index in [1.807, 2.05) is 43.3 Å². The lowest BCUT2D eigenvalue weighted by atomic mass is 10.1. The smallest absolute Gasteiger partial charge is 0.251 e. The number of aryl methyl sites for hydroxylation is 1. The fourth-order valence-electron chi connectivity index (χ4n) is 3.31. The lowest BCUT2D eigenvalue weighted by Crippen LogP contribution is -2.37. The third-order valence-electron chi connectivity index (χ3n) is 4.58. The molecule has 134 valence electrons. The standard InChI is InChI=1S/C20H20N2O4/c1-13-3-2-4-14(9-13)20(24)21-15-10-19(23)22(12-15)16-5-6-17-18(11-16)26-8-7-25-17/h2-6,9,11,15H,7-8,10,12H2,1H3,(H,21,24)/t15-/m1/s1. The number of rotatable bonds is 3. The van der Waals surface area contributed by atoms with Gasteiger partial charge in [-0.3, -0.25) is 9.59 Å². The average molecular weight is 352 g/mol. The summed E-state index contributed by atoms with van der Waals surface area (Å²) in [5.74, 6) is 1.16. The van der Waals surface area contributed by atoms with Crippen LogP contribution >= 0.6 is 0 Å². The average Bonchev–Trinajstić information content (AvgIpc) is 3.01. The zero-order chi connectivity index (χ0) is 18.1. The summed E-state index contributed by atoms with van der Waals surface area (Å²) in [4.78, 5) is 26.5. The molecule has 0 bridgehead atoms. The summed E-state index contributed by atoms with van der Waals surface area (Å²) in [5.41, 5.74) is 2.39. The molecule has 1 atom stereocenters. The number of nitrogens with zero attached hydrogens (tertiary/aromatic N) is 1. The number of hydrogen-bond donors (Lipinski definition) is 1. The van der Waals surface area contributed by atoms with Crippen molar-refractivity contribution in [2.24, 2.45) is 0 Å². The maximum Gasteiger partial charge on any atom is 0.251 e. The van der Waals surface area contributed by atoms with E-state index in [-0.39, 0.29) is 24.3 Å². The van der Waals surface area contributed by atoms with E-state index < -0.39 is 0 Å². The second kappa shape index (κ2) is 6.71. The van der Waals surface area contributed by atoms with Gasteiger partial charge < -0.3 is 19.7 Å². The summed E-state index contributed by atoms with van der Waals surface area (Å²) in [6.07, 6.45) is 0.284. The van der Waals surface area contributed by atoms with Crippen LogP contribution in [0.3, 0.4) is 0 Å². The first-order chi connectivity index (χ1) is 12.6. The molecule has 2 aromatic rings. The predicted octanol–water partition coefficient (Wildman–Crippen LogP) is 2.30. The number of fused-ring (bicyclic) bond motifs is 1. The minimum Gasteiger partial charge on any atom is -0.486 e. The lowest BCUT2D eigenvalue weighted by Gasteiger charge is -2.22. The molecule has 6 nitrogen and oxygen atoms in total. The number of carbonyl (C=O) groups is 2. The summed E-state index contributed by atoms with van der Waals surface area (Å²) in [5, 5.41) is 2.96.